The van der Waals surface area contributed by atoms with E-state index in [9.17, 15) is 18.0 Å². The lowest BCUT2D eigenvalue weighted by Gasteiger charge is -2.21. The lowest BCUT2D eigenvalue weighted by molar-refractivity contribution is -0.162. The molecule has 1 N–H and O–H groups in total. The monoisotopic (exact) mass is 305 g/mol. The standard InChI is InChI=1S/C17H14F3NO/c18-17(19,20)16(14-9-5-2-6-10-14)21-15(22)12-11-13-7-3-1-4-8-13/h1-12,16H,(H,21,22). The van der Waals surface area contributed by atoms with E-state index in [1.54, 1.807) is 30.3 Å². The van der Waals surface area contributed by atoms with Crippen molar-refractivity contribution in [2.24, 2.45) is 0 Å². The van der Waals surface area contributed by atoms with Crippen molar-refractivity contribution in [1.82, 2.24) is 5.32 Å². The van der Waals surface area contributed by atoms with Crippen molar-refractivity contribution < 1.29 is 18.0 Å². The Morgan fingerprint density at radius 2 is 1.50 bits per heavy atom. The van der Waals surface area contributed by atoms with Crippen molar-refractivity contribution in [1.29, 1.82) is 0 Å². The molecule has 114 valence electrons. The number of halogens is 3. The van der Waals surface area contributed by atoms with Crippen LogP contribution >= 0.6 is 0 Å². The molecular formula is C17H14F3NO. The summed E-state index contributed by atoms with van der Waals surface area (Å²) in [7, 11) is 0. The van der Waals surface area contributed by atoms with E-state index in [2.05, 4.69) is 0 Å². The first-order valence-electron chi connectivity index (χ1n) is 6.62. The molecule has 2 nitrogen and oxygen atoms in total. The third-order valence-electron chi connectivity index (χ3n) is 2.97. The van der Waals surface area contributed by atoms with E-state index in [0.717, 1.165) is 11.6 Å². The van der Waals surface area contributed by atoms with Crippen molar-refractivity contribution in [2.75, 3.05) is 0 Å². The van der Waals surface area contributed by atoms with Gasteiger partial charge in [0.2, 0.25) is 5.91 Å². The molecule has 0 aliphatic carbocycles. The predicted octanol–water partition coefficient (Wildman–Crippen LogP) is 4.12. The van der Waals surface area contributed by atoms with E-state index < -0.39 is 18.1 Å². The van der Waals surface area contributed by atoms with E-state index in [1.807, 2.05) is 11.4 Å². The number of carbonyl (C=O) groups is 1. The van der Waals surface area contributed by atoms with Crippen molar-refractivity contribution in [3.05, 3.63) is 77.9 Å². The molecule has 0 fully saturated rings. The first kappa shape index (κ1) is 15.8. The number of rotatable bonds is 4. The SMILES string of the molecule is O=C(C=Cc1ccccc1)NC(c1ccccc1)C(F)(F)F. The van der Waals surface area contributed by atoms with Crippen LogP contribution in [-0.4, -0.2) is 12.1 Å². The van der Waals surface area contributed by atoms with Crippen LogP contribution in [0.1, 0.15) is 17.2 Å². The second-order valence-electron chi connectivity index (χ2n) is 4.64. The number of amides is 1. The number of alkyl halides is 3. The number of benzene rings is 2. The van der Waals surface area contributed by atoms with Crippen LogP contribution in [0.15, 0.2) is 66.7 Å². The van der Waals surface area contributed by atoms with Crippen molar-refractivity contribution >= 4 is 12.0 Å². The van der Waals surface area contributed by atoms with Gasteiger partial charge in [0.15, 0.2) is 6.04 Å². The Balaban J connectivity index is 2.11. The van der Waals surface area contributed by atoms with Crippen LogP contribution in [0, 0.1) is 0 Å². The number of hydrogen-bond donors (Lipinski definition) is 1. The van der Waals surface area contributed by atoms with Gasteiger partial charge in [-0.15, -0.1) is 0 Å². The maximum absolute atomic E-state index is 13.1. The molecule has 0 bridgehead atoms. The summed E-state index contributed by atoms with van der Waals surface area (Å²) in [6.45, 7) is 0. The van der Waals surface area contributed by atoms with Gasteiger partial charge in [-0.3, -0.25) is 4.79 Å². The molecule has 0 saturated heterocycles. The number of hydrogen-bond acceptors (Lipinski definition) is 1. The molecule has 0 radical (unpaired) electrons. The number of carbonyl (C=O) groups excluding carboxylic acids is 1. The minimum atomic E-state index is -4.56. The second kappa shape index (κ2) is 6.93. The largest absolute Gasteiger partial charge is 0.412 e. The van der Waals surface area contributed by atoms with Crippen LogP contribution in [0.5, 0.6) is 0 Å². The highest BCUT2D eigenvalue weighted by Crippen LogP contribution is 2.32. The molecule has 1 atom stereocenters. The fourth-order valence-corrected chi connectivity index (χ4v) is 1.93. The first-order valence-corrected chi connectivity index (χ1v) is 6.62. The molecule has 0 aliphatic rings. The molecule has 5 heteroatoms. The van der Waals surface area contributed by atoms with Crippen LogP contribution in [0.25, 0.3) is 6.08 Å². The summed E-state index contributed by atoms with van der Waals surface area (Å²) in [5, 5.41) is 1.99. The Morgan fingerprint density at radius 1 is 0.955 bits per heavy atom. The average molecular weight is 305 g/mol. The van der Waals surface area contributed by atoms with Gasteiger partial charge in [0.25, 0.3) is 0 Å². The van der Waals surface area contributed by atoms with E-state index >= 15 is 0 Å². The van der Waals surface area contributed by atoms with Gasteiger partial charge in [0.1, 0.15) is 0 Å². The Hall–Kier alpha value is -2.56. The highest BCUT2D eigenvalue weighted by Gasteiger charge is 2.41. The topological polar surface area (TPSA) is 29.1 Å². The average Bonchev–Trinajstić information content (AvgIpc) is 2.51. The molecule has 0 spiro atoms. The van der Waals surface area contributed by atoms with E-state index in [1.165, 1.54) is 30.3 Å². The van der Waals surface area contributed by atoms with Gasteiger partial charge in [-0.05, 0) is 17.2 Å². The van der Waals surface area contributed by atoms with Crippen molar-refractivity contribution in [3.8, 4) is 0 Å². The molecule has 0 aliphatic heterocycles. The molecule has 2 aromatic rings. The molecule has 1 unspecified atom stereocenters. The smallest absolute Gasteiger partial charge is 0.337 e. The van der Waals surface area contributed by atoms with Crippen LogP contribution in [0.2, 0.25) is 0 Å². The second-order valence-corrected chi connectivity index (χ2v) is 4.64. The first-order chi connectivity index (χ1) is 10.5. The molecule has 1 amide bonds. The van der Waals surface area contributed by atoms with Crippen molar-refractivity contribution in [2.45, 2.75) is 12.2 Å². The summed E-state index contributed by atoms with van der Waals surface area (Å²) < 4.78 is 39.3. The van der Waals surface area contributed by atoms with Gasteiger partial charge >= 0.3 is 6.18 Å². The van der Waals surface area contributed by atoms with Gasteiger partial charge in [-0.25, -0.2) is 0 Å². The Kier molecular flexibility index (Phi) is 4.99. The van der Waals surface area contributed by atoms with Crippen molar-refractivity contribution in [3.63, 3.8) is 0 Å². The van der Waals surface area contributed by atoms with Gasteiger partial charge in [0, 0.05) is 6.08 Å². The molecule has 0 saturated carbocycles. The normalized spacial score (nSPS) is 13.0. The molecule has 0 heterocycles. The molecule has 2 aromatic carbocycles. The summed E-state index contributed by atoms with van der Waals surface area (Å²) in [6.07, 6.45) is -2.00. The summed E-state index contributed by atoms with van der Waals surface area (Å²) in [4.78, 5) is 11.7. The van der Waals surface area contributed by atoms with E-state index in [4.69, 9.17) is 0 Å². The van der Waals surface area contributed by atoms with Crippen LogP contribution in [0.4, 0.5) is 13.2 Å². The molecular weight excluding hydrogens is 291 g/mol. The fourth-order valence-electron chi connectivity index (χ4n) is 1.93. The summed E-state index contributed by atoms with van der Waals surface area (Å²) in [5.41, 5.74) is 0.734. The number of nitrogens with one attached hydrogen (secondary N) is 1. The van der Waals surface area contributed by atoms with Gasteiger partial charge in [-0.2, -0.15) is 13.2 Å². The van der Waals surface area contributed by atoms with Crippen LogP contribution in [0.3, 0.4) is 0 Å². The lowest BCUT2D eigenvalue weighted by Crippen LogP contribution is -2.37. The quantitative estimate of drug-likeness (QED) is 0.846. The minimum absolute atomic E-state index is 0.00328. The third-order valence-corrected chi connectivity index (χ3v) is 2.97. The maximum atomic E-state index is 13.1. The lowest BCUT2D eigenvalue weighted by atomic mass is 10.1. The Bertz CT molecular complexity index is 636. The third kappa shape index (κ3) is 4.48. The zero-order valence-electron chi connectivity index (χ0n) is 11.5. The van der Waals surface area contributed by atoms with E-state index in [0.29, 0.717) is 0 Å². The predicted molar refractivity (Wildman–Crippen MR) is 78.9 cm³/mol. The highest BCUT2D eigenvalue weighted by molar-refractivity contribution is 5.92. The zero-order valence-corrected chi connectivity index (χ0v) is 11.5. The van der Waals surface area contributed by atoms with Gasteiger partial charge in [-0.1, -0.05) is 60.7 Å². The van der Waals surface area contributed by atoms with Crippen LogP contribution < -0.4 is 5.32 Å². The maximum Gasteiger partial charge on any atom is 0.412 e. The molecule has 0 aromatic heterocycles. The molecule has 22 heavy (non-hydrogen) atoms. The zero-order chi connectivity index (χ0) is 16.0. The van der Waals surface area contributed by atoms with Gasteiger partial charge in [0.05, 0.1) is 0 Å². The summed E-state index contributed by atoms with van der Waals surface area (Å²) in [5.74, 6) is -0.796. The summed E-state index contributed by atoms with van der Waals surface area (Å²) in [6, 6.07) is 14.1. The Morgan fingerprint density at radius 3 is 2.05 bits per heavy atom. The summed E-state index contributed by atoms with van der Waals surface area (Å²) >= 11 is 0. The van der Waals surface area contributed by atoms with E-state index in [-0.39, 0.29) is 5.56 Å². The molecule has 2 rings (SSSR count). The minimum Gasteiger partial charge on any atom is -0.337 e. The van der Waals surface area contributed by atoms with Gasteiger partial charge < -0.3 is 5.32 Å². The highest BCUT2D eigenvalue weighted by atomic mass is 19.4. The fraction of sp³-hybridized carbons (Fsp3) is 0.118. The Labute approximate surface area is 126 Å². The van der Waals surface area contributed by atoms with Crippen LogP contribution in [-0.2, 0) is 4.79 Å².